The van der Waals surface area contributed by atoms with Gasteiger partial charge in [0.1, 0.15) is 9.75 Å². The van der Waals surface area contributed by atoms with Gasteiger partial charge in [-0.2, -0.15) is 0 Å². The number of hydrogen-bond donors (Lipinski definition) is 1. The molecule has 1 aliphatic carbocycles. The van der Waals surface area contributed by atoms with Gasteiger partial charge < -0.3 is 5.11 Å². The first kappa shape index (κ1) is 11.1. The Kier molecular flexibility index (Phi) is 2.41. The summed E-state index contributed by atoms with van der Waals surface area (Å²) in [4.78, 5) is 11.2. The molecule has 1 aromatic rings. The average Bonchev–Trinajstić information content (AvgIpc) is 2.72. The van der Waals surface area contributed by atoms with Gasteiger partial charge >= 0.3 is 5.97 Å². The largest absolute Gasteiger partial charge is 0.480 e. The molecule has 1 N–H and O–H groups in total. The molecule has 5 heteroatoms. The number of hydrogen-bond acceptors (Lipinski definition) is 1. The second kappa shape index (κ2) is 3.27. The third-order valence-electron chi connectivity index (χ3n) is 2.69. The molecular formula is C10H7Cl3O2. The molecule has 0 heterocycles. The molecule has 2 nitrogen and oxygen atoms in total. The molecule has 0 spiro atoms. The highest BCUT2D eigenvalue weighted by Gasteiger charge is 2.72. The fourth-order valence-corrected chi connectivity index (χ4v) is 2.60. The van der Waals surface area contributed by atoms with Crippen LogP contribution in [0.1, 0.15) is 12.0 Å². The molecule has 1 unspecified atom stereocenters. The van der Waals surface area contributed by atoms with Gasteiger partial charge in [-0.15, -0.1) is 0 Å². The Bertz CT molecular complexity index is 413. The molecule has 0 amide bonds. The maximum Gasteiger partial charge on any atom is 0.317 e. The van der Waals surface area contributed by atoms with Gasteiger partial charge in [0.25, 0.3) is 0 Å². The van der Waals surface area contributed by atoms with E-state index >= 15 is 0 Å². The van der Waals surface area contributed by atoms with Crippen molar-refractivity contribution >= 4 is 40.8 Å². The number of carboxylic acids is 1. The van der Waals surface area contributed by atoms with Gasteiger partial charge in [0.15, 0.2) is 0 Å². The van der Waals surface area contributed by atoms with Gasteiger partial charge in [0.05, 0.1) is 0 Å². The minimum absolute atomic E-state index is 0.222. The van der Waals surface area contributed by atoms with Crippen LogP contribution in [-0.4, -0.2) is 15.4 Å². The first-order valence-electron chi connectivity index (χ1n) is 4.27. The van der Waals surface area contributed by atoms with Crippen molar-refractivity contribution in [3.05, 3.63) is 34.9 Å². The maximum atomic E-state index is 11.2. The molecule has 0 saturated heterocycles. The molecule has 2 rings (SSSR count). The summed E-state index contributed by atoms with van der Waals surface area (Å²) in [7, 11) is 0. The summed E-state index contributed by atoms with van der Waals surface area (Å²) >= 11 is 17.5. The van der Waals surface area contributed by atoms with Crippen LogP contribution in [0.5, 0.6) is 0 Å². The predicted octanol–water partition coefficient (Wildman–Crippen LogP) is 3.24. The minimum atomic E-state index is -1.22. The zero-order chi connectivity index (χ0) is 11.3. The number of alkyl halides is 2. The van der Waals surface area contributed by atoms with Gasteiger partial charge in [0.2, 0.25) is 0 Å². The minimum Gasteiger partial charge on any atom is -0.480 e. The Hall–Kier alpha value is -0.440. The van der Waals surface area contributed by atoms with Crippen molar-refractivity contribution in [2.24, 2.45) is 0 Å². The van der Waals surface area contributed by atoms with E-state index in [0.29, 0.717) is 10.6 Å². The summed E-state index contributed by atoms with van der Waals surface area (Å²) in [5, 5.41) is 9.71. The van der Waals surface area contributed by atoms with Crippen molar-refractivity contribution in [3.63, 3.8) is 0 Å². The Labute approximate surface area is 102 Å². The molecule has 1 saturated carbocycles. The summed E-state index contributed by atoms with van der Waals surface area (Å²) in [6.45, 7) is 0. The molecule has 0 aromatic heterocycles. The predicted molar refractivity (Wildman–Crippen MR) is 59.8 cm³/mol. The smallest absolute Gasteiger partial charge is 0.317 e. The lowest BCUT2D eigenvalue weighted by Crippen LogP contribution is -2.25. The summed E-state index contributed by atoms with van der Waals surface area (Å²) < 4.78 is -1.22. The van der Waals surface area contributed by atoms with Crippen LogP contribution in [0.3, 0.4) is 0 Å². The van der Waals surface area contributed by atoms with E-state index in [1.807, 2.05) is 0 Å². The third-order valence-corrected chi connectivity index (χ3v) is 3.85. The Morgan fingerprint density at radius 3 is 2.07 bits per heavy atom. The second-order valence-electron chi connectivity index (χ2n) is 3.60. The standard InChI is InChI=1S/C10H7Cl3O2/c11-7-3-1-6(2-4-7)9(8(14)15)5-10(9,12)13/h1-4H,5H2,(H,14,15). The first-order chi connectivity index (χ1) is 6.90. The second-order valence-corrected chi connectivity index (χ2v) is 5.52. The Morgan fingerprint density at radius 1 is 1.27 bits per heavy atom. The van der Waals surface area contributed by atoms with Gasteiger partial charge in [-0.1, -0.05) is 46.9 Å². The van der Waals surface area contributed by atoms with Crippen LogP contribution in [-0.2, 0) is 10.2 Å². The molecule has 80 valence electrons. The van der Waals surface area contributed by atoms with Gasteiger partial charge in [-0.25, -0.2) is 0 Å². The van der Waals surface area contributed by atoms with Crippen molar-refractivity contribution in [1.29, 1.82) is 0 Å². The van der Waals surface area contributed by atoms with E-state index in [1.165, 1.54) is 0 Å². The molecule has 1 aliphatic rings. The van der Waals surface area contributed by atoms with E-state index < -0.39 is 15.7 Å². The van der Waals surface area contributed by atoms with E-state index in [0.717, 1.165) is 0 Å². The lowest BCUT2D eigenvalue weighted by Gasteiger charge is -2.13. The normalized spacial score (nSPS) is 27.4. The Balaban J connectivity index is 2.45. The highest BCUT2D eigenvalue weighted by molar-refractivity contribution is 6.54. The summed E-state index contributed by atoms with van der Waals surface area (Å²) in [5.74, 6) is -1.00. The van der Waals surface area contributed by atoms with Crippen LogP contribution < -0.4 is 0 Å². The van der Waals surface area contributed by atoms with Crippen LogP contribution in [0.4, 0.5) is 0 Å². The molecule has 0 aliphatic heterocycles. The average molecular weight is 266 g/mol. The van der Waals surface area contributed by atoms with Crippen LogP contribution >= 0.6 is 34.8 Å². The monoisotopic (exact) mass is 264 g/mol. The van der Waals surface area contributed by atoms with E-state index in [-0.39, 0.29) is 6.42 Å². The quantitative estimate of drug-likeness (QED) is 0.834. The number of rotatable bonds is 2. The summed E-state index contributed by atoms with van der Waals surface area (Å²) in [6, 6.07) is 6.54. The lowest BCUT2D eigenvalue weighted by atomic mass is 9.96. The lowest BCUT2D eigenvalue weighted by molar-refractivity contribution is -0.140. The van der Waals surface area contributed by atoms with Gasteiger partial charge in [0, 0.05) is 11.4 Å². The van der Waals surface area contributed by atoms with Crippen molar-refractivity contribution in [2.75, 3.05) is 0 Å². The zero-order valence-corrected chi connectivity index (χ0v) is 9.77. The summed E-state index contributed by atoms with van der Waals surface area (Å²) in [5.41, 5.74) is -0.592. The van der Waals surface area contributed by atoms with Crippen molar-refractivity contribution < 1.29 is 9.90 Å². The maximum absolute atomic E-state index is 11.2. The third kappa shape index (κ3) is 1.52. The topological polar surface area (TPSA) is 37.3 Å². The molecule has 1 atom stereocenters. The number of halogens is 3. The molecular weight excluding hydrogens is 258 g/mol. The molecule has 1 fully saturated rings. The van der Waals surface area contributed by atoms with Crippen LogP contribution in [0, 0.1) is 0 Å². The van der Waals surface area contributed by atoms with E-state index in [1.54, 1.807) is 24.3 Å². The number of benzene rings is 1. The molecule has 0 bridgehead atoms. The zero-order valence-electron chi connectivity index (χ0n) is 7.51. The number of carboxylic acid groups (broad SMARTS) is 1. The highest BCUT2D eigenvalue weighted by atomic mass is 35.5. The molecule has 15 heavy (non-hydrogen) atoms. The van der Waals surface area contributed by atoms with Gasteiger partial charge in [-0.05, 0) is 17.7 Å². The van der Waals surface area contributed by atoms with Gasteiger partial charge in [-0.3, -0.25) is 4.79 Å². The molecule has 0 radical (unpaired) electrons. The first-order valence-corrected chi connectivity index (χ1v) is 5.41. The Morgan fingerprint density at radius 2 is 1.73 bits per heavy atom. The SMILES string of the molecule is O=C(O)C1(c2ccc(Cl)cc2)CC1(Cl)Cl. The fraction of sp³-hybridized carbons (Fsp3) is 0.300. The summed E-state index contributed by atoms with van der Waals surface area (Å²) in [6.07, 6.45) is 0.222. The van der Waals surface area contributed by atoms with Crippen molar-refractivity contribution in [2.45, 2.75) is 16.2 Å². The van der Waals surface area contributed by atoms with E-state index in [9.17, 15) is 4.79 Å². The highest BCUT2D eigenvalue weighted by Crippen LogP contribution is 2.64. The number of aliphatic carboxylic acids is 1. The fourth-order valence-electron chi connectivity index (χ4n) is 1.69. The van der Waals surface area contributed by atoms with Crippen molar-refractivity contribution in [3.8, 4) is 0 Å². The van der Waals surface area contributed by atoms with Crippen LogP contribution in [0.25, 0.3) is 0 Å². The van der Waals surface area contributed by atoms with E-state index in [4.69, 9.17) is 39.9 Å². The van der Waals surface area contributed by atoms with E-state index in [2.05, 4.69) is 0 Å². The molecule has 1 aromatic carbocycles. The van der Waals surface area contributed by atoms with Crippen LogP contribution in [0.2, 0.25) is 5.02 Å². The number of carbonyl (C=O) groups is 1. The van der Waals surface area contributed by atoms with Crippen molar-refractivity contribution in [1.82, 2.24) is 0 Å². The van der Waals surface area contributed by atoms with Crippen LogP contribution in [0.15, 0.2) is 24.3 Å².